The van der Waals surface area contributed by atoms with E-state index in [1.54, 1.807) is 7.11 Å². The van der Waals surface area contributed by atoms with Crippen molar-refractivity contribution in [3.8, 4) is 0 Å². The van der Waals surface area contributed by atoms with Gasteiger partial charge in [-0.2, -0.15) is 0 Å². The summed E-state index contributed by atoms with van der Waals surface area (Å²) in [7, 11) is 3.46. The van der Waals surface area contributed by atoms with Crippen molar-refractivity contribution in [2.24, 2.45) is 11.3 Å². The van der Waals surface area contributed by atoms with Gasteiger partial charge in [-0.05, 0) is 12.5 Å². The Morgan fingerprint density at radius 3 is 2.40 bits per heavy atom. The monoisotopic (exact) mass is 217 g/mol. The number of likely N-dealkylation sites (N-methyl/N-ethyl adjacent to an activating group) is 1. The molecule has 0 aliphatic heterocycles. The fourth-order valence-corrected chi connectivity index (χ4v) is 1.52. The Balaban J connectivity index is 4.41. The molecule has 0 bridgehead atoms. The minimum atomic E-state index is -0.334. The van der Waals surface area contributed by atoms with E-state index in [-0.39, 0.29) is 17.4 Å². The fourth-order valence-electron chi connectivity index (χ4n) is 1.52. The highest BCUT2D eigenvalue weighted by Crippen LogP contribution is 2.15. The Bertz CT molecular complexity index is 201. The van der Waals surface area contributed by atoms with E-state index in [0.717, 1.165) is 6.54 Å². The Labute approximate surface area is 91.9 Å². The van der Waals surface area contributed by atoms with Crippen molar-refractivity contribution in [1.82, 2.24) is 10.3 Å². The van der Waals surface area contributed by atoms with Crippen molar-refractivity contribution in [2.75, 3.05) is 27.3 Å². The molecule has 0 aromatic heterocycles. The van der Waals surface area contributed by atoms with Crippen LogP contribution >= 0.6 is 0 Å². The fraction of sp³-hybridized carbons (Fsp3) is 0.900. The molecule has 0 heterocycles. The van der Waals surface area contributed by atoms with Gasteiger partial charge in [-0.3, -0.25) is 15.1 Å². The zero-order valence-electron chi connectivity index (χ0n) is 10.3. The summed E-state index contributed by atoms with van der Waals surface area (Å²) in [5, 5.41) is 0. The van der Waals surface area contributed by atoms with Crippen LogP contribution in [0.15, 0.2) is 0 Å². The molecule has 5 nitrogen and oxygen atoms in total. The number of nitrogens with one attached hydrogen (secondary N) is 1. The maximum Gasteiger partial charge on any atom is 0.253 e. The molecule has 5 heteroatoms. The zero-order valence-corrected chi connectivity index (χ0v) is 10.3. The van der Waals surface area contributed by atoms with E-state index in [0.29, 0.717) is 6.61 Å². The number of hydrogen-bond donors (Lipinski definition) is 2. The third-order valence-corrected chi connectivity index (χ3v) is 2.03. The summed E-state index contributed by atoms with van der Waals surface area (Å²) in [5.41, 5.74) is 2.29. The number of nitrogens with two attached hydrogens (primary N) is 1. The Kier molecular flexibility index (Phi) is 5.79. The largest absolute Gasteiger partial charge is 0.383 e. The van der Waals surface area contributed by atoms with Crippen molar-refractivity contribution in [3.63, 3.8) is 0 Å². The van der Waals surface area contributed by atoms with Gasteiger partial charge in [0.05, 0.1) is 6.61 Å². The van der Waals surface area contributed by atoms with E-state index in [4.69, 9.17) is 10.6 Å². The number of rotatable bonds is 5. The second-order valence-electron chi connectivity index (χ2n) is 4.96. The number of ether oxygens (including phenoxy) is 1. The van der Waals surface area contributed by atoms with Crippen molar-refractivity contribution < 1.29 is 9.53 Å². The van der Waals surface area contributed by atoms with Gasteiger partial charge in [-0.15, -0.1) is 0 Å². The number of carbonyl (C=O) groups excluding carboxylic acids is 1. The van der Waals surface area contributed by atoms with Crippen LogP contribution in [0.2, 0.25) is 0 Å². The molecule has 0 aromatic rings. The van der Waals surface area contributed by atoms with E-state index in [1.807, 2.05) is 11.9 Å². The van der Waals surface area contributed by atoms with Crippen molar-refractivity contribution >= 4 is 5.91 Å². The summed E-state index contributed by atoms with van der Waals surface area (Å²) in [6.07, 6.45) is 0. The lowest BCUT2D eigenvalue weighted by Gasteiger charge is -2.31. The predicted molar refractivity (Wildman–Crippen MR) is 60.1 cm³/mol. The molecule has 0 saturated carbocycles. The lowest BCUT2D eigenvalue weighted by molar-refractivity contribution is -0.128. The first kappa shape index (κ1) is 14.3. The molecule has 0 saturated heterocycles. The average Bonchev–Trinajstić information content (AvgIpc) is 2.10. The second-order valence-corrected chi connectivity index (χ2v) is 4.96. The summed E-state index contributed by atoms with van der Waals surface area (Å²) in [6.45, 7) is 7.50. The molecule has 3 N–H and O–H groups in total. The van der Waals surface area contributed by atoms with Gasteiger partial charge in [0.2, 0.25) is 0 Å². The quantitative estimate of drug-likeness (QED) is 0.385. The number of hydrazine groups is 1. The Hall–Kier alpha value is -0.650. The molecule has 0 aromatic carbocycles. The highest BCUT2D eigenvalue weighted by Gasteiger charge is 2.25. The number of methoxy groups -OCH3 is 1. The number of nitrogens with zero attached hydrogens (tertiary/aromatic N) is 1. The topological polar surface area (TPSA) is 67.6 Å². The van der Waals surface area contributed by atoms with E-state index in [1.165, 1.54) is 0 Å². The minimum Gasteiger partial charge on any atom is -0.383 e. The molecule has 0 aliphatic rings. The summed E-state index contributed by atoms with van der Waals surface area (Å²) < 4.78 is 5.00. The SMILES string of the molecule is COCC(C(=O)NN)N(C)CC(C)(C)C. The Morgan fingerprint density at radius 1 is 1.53 bits per heavy atom. The van der Waals surface area contributed by atoms with Gasteiger partial charge in [0.15, 0.2) is 0 Å². The van der Waals surface area contributed by atoms with Crippen LogP contribution < -0.4 is 11.3 Å². The molecular weight excluding hydrogens is 194 g/mol. The van der Waals surface area contributed by atoms with Gasteiger partial charge >= 0.3 is 0 Å². The lowest BCUT2D eigenvalue weighted by Crippen LogP contribution is -2.51. The third-order valence-electron chi connectivity index (χ3n) is 2.03. The summed E-state index contributed by atoms with van der Waals surface area (Å²) in [6, 6.07) is -0.334. The van der Waals surface area contributed by atoms with Crippen molar-refractivity contribution in [3.05, 3.63) is 0 Å². The maximum atomic E-state index is 11.5. The van der Waals surface area contributed by atoms with E-state index < -0.39 is 0 Å². The number of hydrogen-bond acceptors (Lipinski definition) is 4. The van der Waals surface area contributed by atoms with Crippen LogP contribution in [0.25, 0.3) is 0 Å². The highest BCUT2D eigenvalue weighted by molar-refractivity contribution is 5.81. The molecule has 1 atom stereocenters. The molecule has 0 fully saturated rings. The van der Waals surface area contributed by atoms with Crippen molar-refractivity contribution in [1.29, 1.82) is 0 Å². The molecular formula is C10H23N3O2. The minimum absolute atomic E-state index is 0.135. The second kappa shape index (κ2) is 6.05. The molecule has 0 rings (SSSR count). The number of amides is 1. The van der Waals surface area contributed by atoms with Crippen LogP contribution in [0.3, 0.4) is 0 Å². The van der Waals surface area contributed by atoms with Gasteiger partial charge < -0.3 is 4.74 Å². The summed E-state index contributed by atoms with van der Waals surface area (Å²) in [4.78, 5) is 13.4. The van der Waals surface area contributed by atoms with Gasteiger partial charge in [0, 0.05) is 13.7 Å². The zero-order chi connectivity index (χ0) is 12.1. The van der Waals surface area contributed by atoms with Gasteiger partial charge in [-0.1, -0.05) is 20.8 Å². The molecule has 90 valence electrons. The first-order valence-electron chi connectivity index (χ1n) is 5.01. The normalized spacial score (nSPS) is 14.1. The van der Waals surface area contributed by atoms with Crippen LogP contribution in [0.4, 0.5) is 0 Å². The first-order chi connectivity index (χ1) is 6.81. The Morgan fingerprint density at radius 2 is 2.07 bits per heavy atom. The van der Waals surface area contributed by atoms with Crippen LogP contribution in [-0.4, -0.2) is 44.2 Å². The van der Waals surface area contributed by atoms with Gasteiger partial charge in [0.1, 0.15) is 6.04 Å². The molecule has 0 spiro atoms. The molecule has 1 amide bonds. The lowest BCUT2D eigenvalue weighted by atomic mass is 9.95. The standard InChI is InChI=1S/C10H23N3O2/c1-10(2,3)7-13(4)8(6-15-5)9(14)12-11/h8H,6-7,11H2,1-5H3,(H,12,14). The number of carbonyl (C=O) groups is 1. The van der Waals surface area contributed by atoms with Crippen LogP contribution in [0.5, 0.6) is 0 Å². The van der Waals surface area contributed by atoms with Crippen LogP contribution in [0, 0.1) is 5.41 Å². The van der Waals surface area contributed by atoms with Crippen molar-refractivity contribution in [2.45, 2.75) is 26.8 Å². The van der Waals surface area contributed by atoms with Crippen LogP contribution in [0.1, 0.15) is 20.8 Å². The average molecular weight is 217 g/mol. The van der Waals surface area contributed by atoms with E-state index in [9.17, 15) is 4.79 Å². The molecule has 15 heavy (non-hydrogen) atoms. The van der Waals surface area contributed by atoms with Gasteiger partial charge in [0.25, 0.3) is 5.91 Å². The first-order valence-corrected chi connectivity index (χ1v) is 5.01. The third kappa shape index (κ3) is 5.71. The maximum absolute atomic E-state index is 11.5. The summed E-state index contributed by atoms with van der Waals surface area (Å²) >= 11 is 0. The molecule has 1 unspecified atom stereocenters. The van der Waals surface area contributed by atoms with Crippen LogP contribution in [-0.2, 0) is 9.53 Å². The van der Waals surface area contributed by atoms with E-state index >= 15 is 0 Å². The molecule has 0 aliphatic carbocycles. The molecule has 0 radical (unpaired) electrons. The predicted octanol–water partition coefficient (Wildman–Crippen LogP) is -0.0308. The van der Waals surface area contributed by atoms with E-state index in [2.05, 4.69) is 26.2 Å². The highest BCUT2D eigenvalue weighted by atomic mass is 16.5. The van der Waals surface area contributed by atoms with Gasteiger partial charge in [-0.25, -0.2) is 5.84 Å². The smallest absolute Gasteiger partial charge is 0.253 e. The summed E-state index contributed by atoms with van der Waals surface area (Å²) in [5.74, 6) is 4.90.